The molecule has 6 heteroatoms. The number of carbonyl (C=O) groups is 1. The zero-order valence-electron chi connectivity index (χ0n) is 9.77. The van der Waals surface area contributed by atoms with Crippen molar-refractivity contribution in [3.8, 4) is 6.07 Å². The van der Waals surface area contributed by atoms with Crippen LogP contribution in [0.4, 0.5) is 5.69 Å². The van der Waals surface area contributed by atoms with Gasteiger partial charge in [0.1, 0.15) is 0 Å². The summed E-state index contributed by atoms with van der Waals surface area (Å²) in [4.78, 5) is 26.7. The third-order valence-corrected chi connectivity index (χ3v) is 2.62. The van der Waals surface area contributed by atoms with Gasteiger partial charge in [0.2, 0.25) is 5.91 Å². The van der Waals surface area contributed by atoms with Crippen LogP contribution in [-0.4, -0.2) is 17.9 Å². The highest BCUT2D eigenvalue weighted by Gasteiger charge is 2.12. The van der Waals surface area contributed by atoms with Crippen LogP contribution in [0.25, 0.3) is 11.1 Å². The second-order valence-corrected chi connectivity index (χ2v) is 3.81. The Morgan fingerprint density at radius 3 is 3.06 bits per heavy atom. The summed E-state index contributed by atoms with van der Waals surface area (Å²) in [5, 5.41) is 8.44. The quantitative estimate of drug-likeness (QED) is 0.884. The van der Waals surface area contributed by atoms with Crippen molar-refractivity contribution >= 4 is 22.7 Å². The van der Waals surface area contributed by atoms with Crippen molar-refractivity contribution in [2.24, 2.45) is 0 Å². The van der Waals surface area contributed by atoms with Crippen LogP contribution in [-0.2, 0) is 4.79 Å². The summed E-state index contributed by atoms with van der Waals surface area (Å²) in [5.74, 6) is -0.686. The molecule has 92 valence electrons. The van der Waals surface area contributed by atoms with E-state index < -0.39 is 5.76 Å². The van der Waals surface area contributed by atoms with Crippen molar-refractivity contribution in [2.75, 3.05) is 11.9 Å². The summed E-state index contributed by atoms with van der Waals surface area (Å²) < 4.78 is 4.92. The molecule has 0 aliphatic heterocycles. The van der Waals surface area contributed by atoms with E-state index >= 15 is 0 Å². The Kier molecular flexibility index (Phi) is 3.15. The minimum atomic E-state index is -0.527. The molecule has 6 nitrogen and oxygen atoms in total. The third-order valence-electron chi connectivity index (χ3n) is 2.62. The number of amides is 1. The summed E-state index contributed by atoms with van der Waals surface area (Å²) in [7, 11) is 1.62. The fraction of sp³-hybridized carbons (Fsp3) is 0.250. The molecule has 0 atom stereocenters. The van der Waals surface area contributed by atoms with Gasteiger partial charge in [-0.25, -0.2) is 4.79 Å². The molecule has 2 rings (SSSR count). The van der Waals surface area contributed by atoms with Gasteiger partial charge in [-0.1, -0.05) is 0 Å². The Hall–Kier alpha value is -2.55. The van der Waals surface area contributed by atoms with E-state index in [1.807, 2.05) is 6.07 Å². The number of anilines is 1. The van der Waals surface area contributed by atoms with E-state index in [-0.39, 0.29) is 18.7 Å². The molecule has 1 amide bonds. The van der Waals surface area contributed by atoms with Gasteiger partial charge in [-0.3, -0.25) is 9.78 Å². The number of benzene rings is 1. The lowest BCUT2D eigenvalue weighted by Crippen LogP contribution is -2.25. The van der Waals surface area contributed by atoms with Crippen LogP contribution in [0.3, 0.4) is 0 Å². The van der Waals surface area contributed by atoms with Gasteiger partial charge in [-0.05, 0) is 12.1 Å². The van der Waals surface area contributed by atoms with Crippen LogP contribution in [0.15, 0.2) is 27.4 Å². The maximum atomic E-state index is 11.7. The van der Waals surface area contributed by atoms with E-state index in [4.69, 9.17) is 9.68 Å². The van der Waals surface area contributed by atoms with Crippen molar-refractivity contribution < 1.29 is 9.21 Å². The smallest absolute Gasteiger partial charge is 0.408 e. The number of nitrogens with zero attached hydrogens (tertiary/aromatic N) is 2. The van der Waals surface area contributed by atoms with Gasteiger partial charge in [0.25, 0.3) is 0 Å². The van der Waals surface area contributed by atoms with Gasteiger partial charge in [0.15, 0.2) is 5.58 Å². The van der Waals surface area contributed by atoms with E-state index in [2.05, 4.69) is 4.98 Å². The predicted octanol–water partition coefficient (Wildman–Crippen LogP) is 1.39. The first kappa shape index (κ1) is 11.9. The van der Waals surface area contributed by atoms with E-state index in [1.165, 1.54) is 4.90 Å². The number of hydrogen-bond acceptors (Lipinski definition) is 4. The summed E-state index contributed by atoms with van der Waals surface area (Å²) in [6, 6.07) is 6.91. The van der Waals surface area contributed by atoms with Crippen LogP contribution >= 0.6 is 0 Å². The number of carbonyl (C=O) groups excluding carboxylic acids is 1. The predicted molar refractivity (Wildman–Crippen MR) is 65.1 cm³/mol. The fourth-order valence-corrected chi connectivity index (χ4v) is 1.62. The molecule has 0 saturated carbocycles. The monoisotopic (exact) mass is 245 g/mol. The van der Waals surface area contributed by atoms with Crippen LogP contribution < -0.4 is 10.7 Å². The van der Waals surface area contributed by atoms with Crippen molar-refractivity contribution in [3.05, 3.63) is 28.7 Å². The maximum absolute atomic E-state index is 11.7. The molecule has 18 heavy (non-hydrogen) atoms. The van der Waals surface area contributed by atoms with Gasteiger partial charge >= 0.3 is 5.76 Å². The Morgan fingerprint density at radius 2 is 2.33 bits per heavy atom. The van der Waals surface area contributed by atoms with Crippen LogP contribution in [0, 0.1) is 11.3 Å². The summed E-state index contributed by atoms with van der Waals surface area (Å²) in [6.07, 6.45) is 0.354. The van der Waals surface area contributed by atoms with Crippen molar-refractivity contribution in [3.63, 3.8) is 0 Å². The first-order valence-electron chi connectivity index (χ1n) is 5.38. The summed E-state index contributed by atoms with van der Waals surface area (Å²) in [5.41, 5.74) is 1.60. The highest BCUT2D eigenvalue weighted by atomic mass is 16.4. The standard InChI is InChI=1S/C12H11N3O3/c1-15(11(16)3-2-6-13)8-4-5-9-10(7-8)18-12(17)14-9/h4-5,7H,2-3H2,1H3,(H,14,17). The molecule has 2 aromatic rings. The molecule has 1 heterocycles. The third kappa shape index (κ3) is 2.25. The highest BCUT2D eigenvalue weighted by molar-refractivity contribution is 5.94. The minimum absolute atomic E-state index is 0.159. The first-order valence-corrected chi connectivity index (χ1v) is 5.38. The van der Waals surface area contributed by atoms with Gasteiger partial charge in [0, 0.05) is 31.6 Å². The van der Waals surface area contributed by atoms with Crippen molar-refractivity contribution in [1.29, 1.82) is 5.26 Å². The lowest BCUT2D eigenvalue weighted by Gasteiger charge is -2.16. The maximum Gasteiger partial charge on any atom is 0.417 e. The molecule has 0 aliphatic rings. The molecule has 0 radical (unpaired) electrons. The molecule has 0 aliphatic carbocycles. The number of aromatic amines is 1. The number of oxazole rings is 1. The van der Waals surface area contributed by atoms with E-state index in [0.717, 1.165) is 0 Å². The second kappa shape index (κ2) is 4.75. The number of aromatic nitrogens is 1. The number of rotatable bonds is 3. The summed E-state index contributed by atoms with van der Waals surface area (Å²) >= 11 is 0. The minimum Gasteiger partial charge on any atom is -0.408 e. The fourth-order valence-electron chi connectivity index (χ4n) is 1.62. The van der Waals surface area contributed by atoms with Gasteiger partial charge in [-0.15, -0.1) is 0 Å². The molecule has 0 bridgehead atoms. The zero-order chi connectivity index (χ0) is 13.1. The Bertz CT molecular complexity index is 678. The summed E-state index contributed by atoms with van der Waals surface area (Å²) in [6.45, 7) is 0. The molecule has 1 aromatic carbocycles. The molecule has 0 spiro atoms. The second-order valence-electron chi connectivity index (χ2n) is 3.81. The average molecular weight is 245 g/mol. The van der Waals surface area contributed by atoms with Gasteiger partial charge in [0.05, 0.1) is 11.6 Å². The largest absolute Gasteiger partial charge is 0.417 e. The number of nitrogens with one attached hydrogen (secondary N) is 1. The Balaban J connectivity index is 2.27. The van der Waals surface area contributed by atoms with Gasteiger partial charge < -0.3 is 9.32 Å². The van der Waals surface area contributed by atoms with Gasteiger partial charge in [-0.2, -0.15) is 5.26 Å². The number of nitriles is 1. The van der Waals surface area contributed by atoms with Crippen LogP contribution in [0.2, 0.25) is 0 Å². The first-order chi connectivity index (χ1) is 8.61. The molecular weight excluding hydrogens is 234 g/mol. The average Bonchev–Trinajstić information content (AvgIpc) is 2.73. The molecule has 0 fully saturated rings. The van der Waals surface area contributed by atoms with Crippen molar-refractivity contribution in [1.82, 2.24) is 4.98 Å². The molecule has 1 N–H and O–H groups in total. The SMILES string of the molecule is CN(C(=O)CCC#N)c1ccc2[nH]c(=O)oc2c1. The number of fused-ring (bicyclic) bond motifs is 1. The van der Waals surface area contributed by atoms with Crippen LogP contribution in [0.5, 0.6) is 0 Å². The lowest BCUT2D eigenvalue weighted by atomic mass is 10.2. The van der Waals surface area contributed by atoms with E-state index in [9.17, 15) is 9.59 Å². The lowest BCUT2D eigenvalue weighted by molar-refractivity contribution is -0.118. The Morgan fingerprint density at radius 1 is 1.56 bits per heavy atom. The molecule has 1 aromatic heterocycles. The molecule has 0 saturated heterocycles. The number of hydrogen-bond donors (Lipinski definition) is 1. The number of H-pyrrole nitrogens is 1. The normalized spacial score (nSPS) is 10.2. The topological polar surface area (TPSA) is 90.1 Å². The highest BCUT2D eigenvalue weighted by Crippen LogP contribution is 2.19. The zero-order valence-corrected chi connectivity index (χ0v) is 9.77. The molecular formula is C12H11N3O3. The van der Waals surface area contributed by atoms with E-state index in [1.54, 1.807) is 25.2 Å². The Labute approximate surface area is 102 Å². The van der Waals surface area contributed by atoms with Crippen LogP contribution in [0.1, 0.15) is 12.8 Å². The van der Waals surface area contributed by atoms with E-state index in [0.29, 0.717) is 16.8 Å². The molecule has 0 unspecified atom stereocenters. The van der Waals surface area contributed by atoms with Crippen molar-refractivity contribution in [2.45, 2.75) is 12.8 Å².